The van der Waals surface area contributed by atoms with Gasteiger partial charge < -0.3 is 15.0 Å². The van der Waals surface area contributed by atoms with E-state index in [4.69, 9.17) is 4.74 Å². The first-order valence-corrected chi connectivity index (χ1v) is 9.07. The zero-order valence-corrected chi connectivity index (χ0v) is 14.1. The van der Waals surface area contributed by atoms with Gasteiger partial charge in [-0.25, -0.2) is 0 Å². The number of ether oxygens (including phenoxy) is 1. The molecule has 0 unspecified atom stereocenters. The van der Waals surface area contributed by atoms with Gasteiger partial charge in [-0.3, -0.25) is 4.79 Å². The van der Waals surface area contributed by atoms with Crippen LogP contribution in [0.3, 0.4) is 0 Å². The quantitative estimate of drug-likeness (QED) is 0.935. The molecule has 23 heavy (non-hydrogen) atoms. The zero-order valence-electron chi connectivity index (χ0n) is 13.2. The standard InChI is InChI=1S/C17H21N3O2S/c1-2-22-12-3-4-13-14(9-12)19-23-16(13)17(21)18-15-10-20-7-5-11(15)6-8-20/h3-4,9,11,15H,2,5-8,10H2,1H3,(H,18,21)/t15-/m1/s1. The highest BCUT2D eigenvalue weighted by Crippen LogP contribution is 2.29. The summed E-state index contributed by atoms with van der Waals surface area (Å²) < 4.78 is 9.91. The summed E-state index contributed by atoms with van der Waals surface area (Å²) in [5, 5.41) is 4.16. The van der Waals surface area contributed by atoms with E-state index in [0.717, 1.165) is 23.2 Å². The van der Waals surface area contributed by atoms with Crippen LogP contribution in [-0.2, 0) is 0 Å². The van der Waals surface area contributed by atoms with Crippen molar-refractivity contribution in [3.8, 4) is 5.75 Å². The number of piperidine rings is 3. The molecule has 3 aliphatic rings. The zero-order chi connectivity index (χ0) is 15.8. The van der Waals surface area contributed by atoms with E-state index >= 15 is 0 Å². The Morgan fingerprint density at radius 2 is 2.26 bits per heavy atom. The summed E-state index contributed by atoms with van der Waals surface area (Å²) in [6, 6.07) is 6.03. The van der Waals surface area contributed by atoms with Gasteiger partial charge in [0, 0.05) is 24.0 Å². The number of carbonyl (C=O) groups is 1. The molecule has 5 rings (SSSR count). The van der Waals surface area contributed by atoms with Crippen molar-refractivity contribution < 1.29 is 9.53 Å². The van der Waals surface area contributed by atoms with Gasteiger partial charge in [-0.05, 0) is 62.4 Å². The average Bonchev–Trinajstić information content (AvgIpc) is 2.99. The summed E-state index contributed by atoms with van der Waals surface area (Å²) in [6.07, 6.45) is 2.40. The lowest BCUT2D eigenvalue weighted by molar-refractivity contribution is 0.0623. The fourth-order valence-electron chi connectivity index (χ4n) is 3.71. The van der Waals surface area contributed by atoms with Gasteiger partial charge in [0.05, 0.1) is 12.1 Å². The highest BCUT2D eigenvalue weighted by Gasteiger charge is 2.35. The first-order chi connectivity index (χ1) is 11.2. The second kappa shape index (κ2) is 6.09. The van der Waals surface area contributed by atoms with Gasteiger partial charge in [-0.2, -0.15) is 4.37 Å². The van der Waals surface area contributed by atoms with E-state index in [-0.39, 0.29) is 11.9 Å². The number of amides is 1. The molecule has 1 amide bonds. The summed E-state index contributed by atoms with van der Waals surface area (Å²) in [7, 11) is 0. The fourth-order valence-corrected chi connectivity index (χ4v) is 4.46. The Bertz CT molecular complexity index is 722. The Morgan fingerprint density at radius 1 is 1.43 bits per heavy atom. The van der Waals surface area contributed by atoms with Gasteiger partial charge in [-0.15, -0.1) is 0 Å². The maximum Gasteiger partial charge on any atom is 0.263 e. The molecule has 0 radical (unpaired) electrons. The van der Waals surface area contributed by atoms with Gasteiger partial charge in [0.15, 0.2) is 0 Å². The largest absolute Gasteiger partial charge is 0.494 e. The van der Waals surface area contributed by atoms with Crippen LogP contribution in [0.1, 0.15) is 29.4 Å². The normalized spacial score (nSPS) is 26.4. The molecule has 122 valence electrons. The third-order valence-corrected chi connectivity index (χ3v) is 5.81. The van der Waals surface area contributed by atoms with Gasteiger partial charge >= 0.3 is 0 Å². The Morgan fingerprint density at radius 3 is 2.96 bits per heavy atom. The predicted octanol–water partition coefficient (Wildman–Crippen LogP) is 2.52. The van der Waals surface area contributed by atoms with E-state index in [1.165, 1.54) is 37.5 Å². The molecule has 0 spiro atoms. The van der Waals surface area contributed by atoms with Crippen LogP contribution in [-0.4, -0.2) is 47.5 Å². The molecular formula is C17H21N3O2S. The van der Waals surface area contributed by atoms with Gasteiger partial charge in [-0.1, -0.05) is 0 Å². The Hall–Kier alpha value is -1.66. The van der Waals surface area contributed by atoms with Crippen LogP contribution in [0.25, 0.3) is 10.9 Å². The molecule has 1 N–H and O–H groups in total. The molecule has 0 aliphatic carbocycles. The minimum atomic E-state index is 0.0143. The molecule has 5 nitrogen and oxygen atoms in total. The lowest BCUT2D eigenvalue weighted by atomic mass is 9.84. The Labute approximate surface area is 139 Å². The third-order valence-electron chi connectivity index (χ3n) is 4.94. The number of carbonyl (C=O) groups excluding carboxylic acids is 1. The minimum Gasteiger partial charge on any atom is -0.494 e. The van der Waals surface area contributed by atoms with Crippen molar-refractivity contribution in [3.63, 3.8) is 0 Å². The van der Waals surface area contributed by atoms with Gasteiger partial charge in [0.25, 0.3) is 5.91 Å². The number of hydrogen-bond acceptors (Lipinski definition) is 5. The van der Waals surface area contributed by atoms with Crippen molar-refractivity contribution in [2.45, 2.75) is 25.8 Å². The molecule has 6 heteroatoms. The van der Waals surface area contributed by atoms with E-state index in [0.29, 0.717) is 17.4 Å². The minimum absolute atomic E-state index is 0.0143. The highest BCUT2D eigenvalue weighted by atomic mass is 32.1. The summed E-state index contributed by atoms with van der Waals surface area (Å²) in [6.45, 7) is 5.93. The average molecular weight is 331 g/mol. The van der Waals surface area contributed by atoms with Crippen LogP contribution in [0, 0.1) is 5.92 Å². The van der Waals surface area contributed by atoms with Crippen molar-refractivity contribution in [2.24, 2.45) is 5.92 Å². The number of aromatic nitrogens is 1. The van der Waals surface area contributed by atoms with Crippen molar-refractivity contribution in [2.75, 3.05) is 26.2 Å². The molecule has 3 fully saturated rings. The second-order valence-electron chi connectivity index (χ2n) is 6.34. The third kappa shape index (κ3) is 2.81. The Balaban J connectivity index is 1.53. The van der Waals surface area contributed by atoms with E-state index in [2.05, 4.69) is 14.6 Å². The van der Waals surface area contributed by atoms with Crippen molar-refractivity contribution >= 4 is 28.3 Å². The van der Waals surface area contributed by atoms with Gasteiger partial charge in [0.2, 0.25) is 0 Å². The summed E-state index contributed by atoms with van der Waals surface area (Å²) >= 11 is 1.28. The molecule has 4 heterocycles. The molecule has 1 aromatic carbocycles. The molecule has 3 saturated heterocycles. The van der Waals surface area contributed by atoms with Crippen LogP contribution in [0.5, 0.6) is 5.75 Å². The first-order valence-electron chi connectivity index (χ1n) is 8.30. The fraction of sp³-hybridized carbons (Fsp3) is 0.529. The maximum atomic E-state index is 12.7. The summed E-state index contributed by atoms with van der Waals surface area (Å²) in [5.41, 5.74) is 0.833. The number of fused-ring (bicyclic) bond motifs is 4. The first kappa shape index (κ1) is 14.9. The summed E-state index contributed by atoms with van der Waals surface area (Å²) in [4.78, 5) is 15.8. The number of hydrogen-bond donors (Lipinski definition) is 1. The lowest BCUT2D eigenvalue weighted by Gasteiger charge is -2.44. The number of benzene rings is 1. The molecule has 0 saturated carbocycles. The van der Waals surface area contributed by atoms with Crippen molar-refractivity contribution in [3.05, 3.63) is 23.1 Å². The molecular weight excluding hydrogens is 310 g/mol. The lowest BCUT2D eigenvalue weighted by Crippen LogP contribution is -2.57. The molecule has 2 bridgehead atoms. The number of nitrogens with one attached hydrogen (secondary N) is 1. The molecule has 2 aromatic rings. The van der Waals surface area contributed by atoms with E-state index < -0.39 is 0 Å². The van der Waals surface area contributed by atoms with Crippen molar-refractivity contribution in [1.29, 1.82) is 0 Å². The topological polar surface area (TPSA) is 54.5 Å². The number of rotatable bonds is 4. The highest BCUT2D eigenvalue weighted by molar-refractivity contribution is 7.09. The SMILES string of the molecule is CCOc1ccc2c(C(=O)N[C@@H]3CN4CCC3CC4)snc2c1. The summed E-state index contributed by atoms with van der Waals surface area (Å²) in [5.74, 6) is 1.45. The van der Waals surface area contributed by atoms with E-state index in [1.807, 2.05) is 25.1 Å². The van der Waals surface area contributed by atoms with E-state index in [1.54, 1.807) is 0 Å². The molecule has 1 atom stereocenters. The van der Waals surface area contributed by atoms with Crippen LogP contribution in [0.4, 0.5) is 0 Å². The van der Waals surface area contributed by atoms with Gasteiger partial charge in [0.1, 0.15) is 10.6 Å². The van der Waals surface area contributed by atoms with E-state index in [9.17, 15) is 4.79 Å². The van der Waals surface area contributed by atoms with Crippen molar-refractivity contribution in [1.82, 2.24) is 14.6 Å². The smallest absolute Gasteiger partial charge is 0.263 e. The van der Waals surface area contributed by atoms with Crippen LogP contribution < -0.4 is 10.1 Å². The second-order valence-corrected chi connectivity index (χ2v) is 7.12. The van der Waals surface area contributed by atoms with Crippen LogP contribution in [0.15, 0.2) is 18.2 Å². The number of nitrogens with zero attached hydrogens (tertiary/aromatic N) is 2. The molecule has 1 aromatic heterocycles. The maximum absolute atomic E-state index is 12.7. The Kier molecular flexibility index (Phi) is 3.95. The molecule has 3 aliphatic heterocycles. The monoisotopic (exact) mass is 331 g/mol. The van der Waals surface area contributed by atoms with Crippen LogP contribution in [0.2, 0.25) is 0 Å². The predicted molar refractivity (Wildman–Crippen MR) is 91.2 cm³/mol. The van der Waals surface area contributed by atoms with Crippen LogP contribution >= 0.6 is 11.5 Å².